The molecule has 1 aromatic carbocycles. The van der Waals surface area contributed by atoms with Gasteiger partial charge in [-0.05, 0) is 45.7 Å². The van der Waals surface area contributed by atoms with E-state index in [4.69, 9.17) is 10.5 Å². The van der Waals surface area contributed by atoms with Crippen molar-refractivity contribution in [3.63, 3.8) is 0 Å². The normalized spacial score (nSPS) is 12.3. The number of benzene rings is 1. The molecule has 0 heterocycles. The fraction of sp³-hybridized carbons (Fsp3) is 0.556. The lowest BCUT2D eigenvalue weighted by molar-refractivity contribution is -0.123. The van der Waals surface area contributed by atoms with Gasteiger partial charge in [0, 0.05) is 13.0 Å². The lowest BCUT2D eigenvalue weighted by atomic mass is 10.1. The molecule has 0 aliphatic heterocycles. The van der Waals surface area contributed by atoms with Gasteiger partial charge in [0.1, 0.15) is 11.6 Å². The van der Waals surface area contributed by atoms with Crippen molar-refractivity contribution in [1.29, 1.82) is 0 Å². The van der Waals surface area contributed by atoms with E-state index in [0.717, 1.165) is 18.4 Å². The second kappa shape index (κ2) is 9.93. The van der Waals surface area contributed by atoms with Gasteiger partial charge >= 0.3 is 6.09 Å². The van der Waals surface area contributed by atoms with Gasteiger partial charge in [0.2, 0.25) is 5.91 Å². The van der Waals surface area contributed by atoms with Gasteiger partial charge in [-0.3, -0.25) is 4.79 Å². The quantitative estimate of drug-likeness (QED) is 0.633. The molecular weight excluding hydrogens is 306 g/mol. The summed E-state index contributed by atoms with van der Waals surface area (Å²) >= 11 is 0. The minimum Gasteiger partial charge on any atom is -0.444 e. The average Bonchev–Trinajstić information content (AvgIpc) is 2.50. The van der Waals surface area contributed by atoms with Crippen molar-refractivity contribution in [2.24, 2.45) is 5.73 Å². The molecule has 1 atom stereocenters. The van der Waals surface area contributed by atoms with E-state index in [1.54, 1.807) is 20.8 Å². The first kappa shape index (κ1) is 20.0. The summed E-state index contributed by atoms with van der Waals surface area (Å²) < 4.78 is 5.25. The first-order chi connectivity index (χ1) is 11.3. The molecule has 2 amide bonds. The Bertz CT molecular complexity index is 512. The molecule has 0 saturated heterocycles. The molecule has 0 aliphatic rings. The Balaban J connectivity index is 2.67. The number of unbranched alkanes of at least 4 members (excludes halogenated alkanes) is 1. The zero-order chi connectivity index (χ0) is 18.0. The molecule has 6 heteroatoms. The van der Waals surface area contributed by atoms with Crippen LogP contribution in [0.4, 0.5) is 4.79 Å². The predicted molar refractivity (Wildman–Crippen MR) is 94.6 cm³/mol. The molecule has 0 unspecified atom stereocenters. The van der Waals surface area contributed by atoms with Crippen LogP contribution in [-0.2, 0) is 16.0 Å². The summed E-state index contributed by atoms with van der Waals surface area (Å²) in [4.78, 5) is 24.4. The van der Waals surface area contributed by atoms with E-state index in [2.05, 4.69) is 10.6 Å². The lowest BCUT2D eigenvalue weighted by Gasteiger charge is -2.23. The molecule has 1 aromatic rings. The minimum atomic E-state index is -0.680. The fourth-order valence-corrected chi connectivity index (χ4v) is 2.11. The van der Waals surface area contributed by atoms with Gasteiger partial charge in [0.05, 0.1) is 0 Å². The molecule has 6 nitrogen and oxygen atoms in total. The van der Waals surface area contributed by atoms with Crippen molar-refractivity contribution >= 4 is 12.0 Å². The van der Waals surface area contributed by atoms with Crippen LogP contribution in [0.2, 0.25) is 0 Å². The summed E-state index contributed by atoms with van der Waals surface area (Å²) in [5.74, 6) is -0.221. The van der Waals surface area contributed by atoms with Crippen LogP contribution in [0, 0.1) is 0 Å². The van der Waals surface area contributed by atoms with Crippen molar-refractivity contribution < 1.29 is 14.3 Å². The van der Waals surface area contributed by atoms with Crippen LogP contribution in [0.15, 0.2) is 30.3 Å². The summed E-state index contributed by atoms with van der Waals surface area (Å²) in [5.41, 5.74) is 5.80. The lowest BCUT2D eigenvalue weighted by Crippen LogP contribution is -2.49. The summed E-state index contributed by atoms with van der Waals surface area (Å²) in [6.45, 7) is 6.49. The molecule has 134 valence electrons. The van der Waals surface area contributed by atoms with Crippen LogP contribution < -0.4 is 16.4 Å². The number of carbonyl (C=O) groups excluding carboxylic acids is 2. The highest BCUT2D eigenvalue weighted by molar-refractivity contribution is 5.86. The maximum absolute atomic E-state index is 12.4. The van der Waals surface area contributed by atoms with Gasteiger partial charge in [-0.1, -0.05) is 30.3 Å². The molecule has 0 radical (unpaired) electrons. The predicted octanol–water partition coefficient (Wildman–Crippen LogP) is 1.98. The maximum atomic E-state index is 12.4. The van der Waals surface area contributed by atoms with Gasteiger partial charge in [0.25, 0.3) is 0 Å². The molecule has 24 heavy (non-hydrogen) atoms. The van der Waals surface area contributed by atoms with Crippen LogP contribution in [0.3, 0.4) is 0 Å². The van der Waals surface area contributed by atoms with Crippen molar-refractivity contribution in [2.45, 2.75) is 51.7 Å². The molecule has 0 fully saturated rings. The maximum Gasteiger partial charge on any atom is 0.408 e. The zero-order valence-corrected chi connectivity index (χ0v) is 14.8. The highest BCUT2D eigenvalue weighted by Gasteiger charge is 2.24. The summed E-state index contributed by atoms with van der Waals surface area (Å²) in [6.07, 6.45) is 1.47. The largest absolute Gasteiger partial charge is 0.444 e. The summed E-state index contributed by atoms with van der Waals surface area (Å²) in [6, 6.07) is 8.88. The van der Waals surface area contributed by atoms with Crippen LogP contribution in [-0.4, -0.2) is 36.7 Å². The first-order valence-electron chi connectivity index (χ1n) is 8.33. The van der Waals surface area contributed by atoms with Crippen molar-refractivity contribution in [2.75, 3.05) is 13.1 Å². The number of hydrogen-bond donors (Lipinski definition) is 3. The molecule has 0 bridgehead atoms. The Morgan fingerprint density at radius 3 is 2.42 bits per heavy atom. The van der Waals surface area contributed by atoms with Gasteiger partial charge in [-0.2, -0.15) is 0 Å². The summed E-state index contributed by atoms with van der Waals surface area (Å²) in [7, 11) is 0. The topological polar surface area (TPSA) is 93.4 Å². The molecule has 0 aliphatic carbocycles. The molecule has 4 N–H and O–H groups in total. The van der Waals surface area contributed by atoms with Crippen LogP contribution in [0.5, 0.6) is 0 Å². The highest BCUT2D eigenvalue weighted by Crippen LogP contribution is 2.08. The van der Waals surface area contributed by atoms with Gasteiger partial charge < -0.3 is 21.1 Å². The standard InChI is InChI=1S/C18H29N3O3/c1-18(2,3)24-17(23)21-15(13-14-9-5-4-6-10-14)16(22)20-12-8-7-11-19/h4-6,9-10,15H,7-8,11-13,19H2,1-3H3,(H,20,22)(H,21,23)/t15-/m0/s1. The third kappa shape index (κ3) is 8.53. The number of amides is 2. The number of alkyl carbamates (subject to hydrolysis) is 1. The van der Waals surface area contributed by atoms with E-state index in [-0.39, 0.29) is 5.91 Å². The zero-order valence-electron chi connectivity index (χ0n) is 14.8. The Labute approximate surface area is 144 Å². The number of carbonyl (C=O) groups is 2. The minimum absolute atomic E-state index is 0.221. The van der Waals surface area contributed by atoms with Gasteiger partial charge in [0.15, 0.2) is 0 Å². The number of rotatable bonds is 8. The van der Waals surface area contributed by atoms with Crippen LogP contribution in [0.1, 0.15) is 39.2 Å². The van der Waals surface area contributed by atoms with E-state index in [1.165, 1.54) is 0 Å². The number of ether oxygens (including phenoxy) is 1. The van der Waals surface area contributed by atoms with Crippen LogP contribution >= 0.6 is 0 Å². The Morgan fingerprint density at radius 1 is 1.17 bits per heavy atom. The second-order valence-electron chi connectivity index (χ2n) is 6.68. The molecule has 0 saturated carbocycles. The molecule has 0 aromatic heterocycles. The van der Waals surface area contributed by atoms with E-state index in [0.29, 0.717) is 19.5 Å². The van der Waals surface area contributed by atoms with E-state index >= 15 is 0 Å². The average molecular weight is 335 g/mol. The SMILES string of the molecule is CC(C)(C)OC(=O)N[C@@H](Cc1ccccc1)C(=O)NCCCCN. The summed E-state index contributed by atoms with van der Waals surface area (Å²) in [5, 5.41) is 5.51. The second-order valence-corrected chi connectivity index (χ2v) is 6.68. The number of hydrogen-bond acceptors (Lipinski definition) is 4. The van der Waals surface area contributed by atoms with E-state index in [9.17, 15) is 9.59 Å². The van der Waals surface area contributed by atoms with Gasteiger partial charge in [-0.25, -0.2) is 4.79 Å². The van der Waals surface area contributed by atoms with Crippen molar-refractivity contribution in [3.05, 3.63) is 35.9 Å². The molecule has 0 spiro atoms. The van der Waals surface area contributed by atoms with Crippen molar-refractivity contribution in [1.82, 2.24) is 10.6 Å². The smallest absolute Gasteiger partial charge is 0.408 e. The first-order valence-corrected chi connectivity index (χ1v) is 8.33. The third-order valence-corrected chi connectivity index (χ3v) is 3.22. The van der Waals surface area contributed by atoms with Crippen LogP contribution in [0.25, 0.3) is 0 Å². The van der Waals surface area contributed by atoms with Gasteiger partial charge in [-0.15, -0.1) is 0 Å². The Kier molecular flexibility index (Phi) is 8.26. The van der Waals surface area contributed by atoms with E-state index < -0.39 is 17.7 Å². The van der Waals surface area contributed by atoms with Crippen molar-refractivity contribution in [3.8, 4) is 0 Å². The molecule has 1 rings (SSSR count). The van der Waals surface area contributed by atoms with E-state index in [1.807, 2.05) is 30.3 Å². The fourth-order valence-electron chi connectivity index (χ4n) is 2.11. The Morgan fingerprint density at radius 2 is 1.83 bits per heavy atom. The number of nitrogens with two attached hydrogens (primary N) is 1. The Hall–Kier alpha value is -2.08. The third-order valence-electron chi connectivity index (χ3n) is 3.22. The molecular formula is C18H29N3O3. The monoisotopic (exact) mass is 335 g/mol. The number of nitrogens with one attached hydrogen (secondary N) is 2. The highest BCUT2D eigenvalue weighted by atomic mass is 16.6.